The monoisotopic (exact) mass is 214 g/mol. The Morgan fingerprint density at radius 3 is 2.62 bits per heavy atom. The van der Waals surface area contributed by atoms with Crippen LogP contribution in [0.3, 0.4) is 0 Å². The highest BCUT2D eigenvalue weighted by Gasteiger charge is 2.08. The first-order chi connectivity index (χ1) is 7.75. The highest BCUT2D eigenvalue weighted by Crippen LogP contribution is 2.10. The maximum absolute atomic E-state index is 11.8. The van der Waals surface area contributed by atoms with E-state index in [9.17, 15) is 4.79 Å². The number of hydrogen-bond acceptors (Lipinski definition) is 2. The van der Waals surface area contributed by atoms with E-state index >= 15 is 0 Å². The normalized spacial score (nSPS) is 10.3. The molecule has 0 aliphatic carbocycles. The van der Waals surface area contributed by atoms with Gasteiger partial charge in [-0.1, -0.05) is 24.3 Å². The Labute approximate surface area is 94.9 Å². The maximum atomic E-state index is 11.8. The van der Waals surface area contributed by atoms with Gasteiger partial charge in [-0.3, -0.25) is 4.79 Å². The number of ketones is 1. The second-order valence-corrected chi connectivity index (χ2v) is 3.90. The number of aryl methyl sites for hydroxylation is 1. The second kappa shape index (κ2) is 4.79. The number of carbonyl (C=O) groups is 1. The smallest absolute Gasteiger partial charge is 0.144 e. The Hall–Kier alpha value is -1.83. The molecule has 2 aromatic rings. The molecule has 0 atom stereocenters. The summed E-state index contributed by atoms with van der Waals surface area (Å²) in [5.41, 5.74) is 2.26. The predicted octanol–water partition coefficient (Wildman–Crippen LogP) is 2.94. The van der Waals surface area contributed by atoms with Gasteiger partial charge in [-0.25, -0.2) is 0 Å². The van der Waals surface area contributed by atoms with Crippen LogP contribution in [0.4, 0.5) is 0 Å². The standard InChI is InChI=1S/C14H14O2/c1-11-5-2-3-6-12(11)9-13(15)10-14-7-4-8-16-14/h2-8H,9-10H2,1H3. The Balaban J connectivity index is 2.00. The van der Waals surface area contributed by atoms with Crippen molar-refractivity contribution < 1.29 is 9.21 Å². The molecule has 82 valence electrons. The average molecular weight is 214 g/mol. The van der Waals surface area contributed by atoms with Gasteiger partial charge in [-0.05, 0) is 30.2 Å². The molecule has 0 aliphatic heterocycles. The zero-order valence-corrected chi connectivity index (χ0v) is 9.27. The number of benzene rings is 1. The lowest BCUT2D eigenvalue weighted by molar-refractivity contribution is -0.118. The van der Waals surface area contributed by atoms with Crippen molar-refractivity contribution in [2.75, 3.05) is 0 Å². The van der Waals surface area contributed by atoms with Crippen LogP contribution in [0.5, 0.6) is 0 Å². The minimum atomic E-state index is 0.184. The van der Waals surface area contributed by atoms with Crippen LogP contribution in [0.1, 0.15) is 16.9 Å². The maximum Gasteiger partial charge on any atom is 0.144 e. The van der Waals surface area contributed by atoms with Crippen LogP contribution in [0.15, 0.2) is 47.1 Å². The summed E-state index contributed by atoms with van der Waals surface area (Å²) in [5, 5.41) is 0. The molecule has 1 aromatic heterocycles. The minimum absolute atomic E-state index is 0.184. The predicted molar refractivity (Wildman–Crippen MR) is 62.3 cm³/mol. The van der Waals surface area contributed by atoms with Gasteiger partial charge in [0.25, 0.3) is 0 Å². The van der Waals surface area contributed by atoms with Crippen molar-refractivity contribution >= 4 is 5.78 Å². The Kier molecular flexibility index (Phi) is 3.20. The average Bonchev–Trinajstić information content (AvgIpc) is 2.74. The van der Waals surface area contributed by atoms with E-state index in [0.717, 1.165) is 16.9 Å². The number of Topliss-reactive ketones (excluding diaryl/α,β-unsaturated/α-hetero) is 1. The summed E-state index contributed by atoms with van der Waals surface area (Å²) in [4.78, 5) is 11.8. The van der Waals surface area contributed by atoms with Crippen molar-refractivity contribution in [1.29, 1.82) is 0 Å². The van der Waals surface area contributed by atoms with Gasteiger partial charge in [-0.2, -0.15) is 0 Å². The molecule has 2 nitrogen and oxygen atoms in total. The lowest BCUT2D eigenvalue weighted by Gasteiger charge is -2.03. The van der Waals surface area contributed by atoms with Crippen molar-refractivity contribution in [2.45, 2.75) is 19.8 Å². The van der Waals surface area contributed by atoms with Crippen molar-refractivity contribution in [2.24, 2.45) is 0 Å². The number of hydrogen-bond donors (Lipinski definition) is 0. The molecule has 2 heteroatoms. The quantitative estimate of drug-likeness (QED) is 0.783. The highest BCUT2D eigenvalue weighted by molar-refractivity contribution is 5.82. The Bertz CT molecular complexity index is 469. The molecule has 16 heavy (non-hydrogen) atoms. The van der Waals surface area contributed by atoms with Gasteiger partial charge in [-0.15, -0.1) is 0 Å². The molecule has 1 heterocycles. The molecule has 0 spiro atoms. The molecule has 0 aliphatic rings. The van der Waals surface area contributed by atoms with E-state index < -0.39 is 0 Å². The molecule has 0 bridgehead atoms. The topological polar surface area (TPSA) is 30.2 Å². The number of carbonyl (C=O) groups excluding carboxylic acids is 1. The van der Waals surface area contributed by atoms with Crippen LogP contribution in [-0.2, 0) is 17.6 Å². The summed E-state index contributed by atoms with van der Waals surface area (Å²) in [6, 6.07) is 11.6. The van der Waals surface area contributed by atoms with Crippen molar-refractivity contribution in [3.63, 3.8) is 0 Å². The fourth-order valence-electron chi connectivity index (χ4n) is 1.69. The summed E-state index contributed by atoms with van der Waals surface area (Å²) in [6.45, 7) is 2.02. The zero-order chi connectivity index (χ0) is 11.4. The van der Waals surface area contributed by atoms with E-state index in [1.165, 1.54) is 0 Å². The molecular weight excluding hydrogens is 200 g/mol. The first-order valence-corrected chi connectivity index (χ1v) is 5.34. The van der Waals surface area contributed by atoms with Gasteiger partial charge in [0, 0.05) is 6.42 Å². The molecule has 2 rings (SSSR count). The first-order valence-electron chi connectivity index (χ1n) is 5.34. The van der Waals surface area contributed by atoms with Gasteiger partial charge in [0.05, 0.1) is 12.7 Å². The SMILES string of the molecule is Cc1ccccc1CC(=O)Cc1ccco1. The molecule has 1 aromatic carbocycles. The van der Waals surface area contributed by atoms with Crippen LogP contribution in [0.25, 0.3) is 0 Å². The third-order valence-corrected chi connectivity index (χ3v) is 2.60. The summed E-state index contributed by atoms with van der Waals surface area (Å²) < 4.78 is 5.15. The van der Waals surface area contributed by atoms with Crippen molar-refractivity contribution in [3.05, 3.63) is 59.5 Å². The molecule has 0 amide bonds. The van der Waals surface area contributed by atoms with Crippen LogP contribution >= 0.6 is 0 Å². The lowest BCUT2D eigenvalue weighted by atomic mass is 10.0. The summed E-state index contributed by atoms with van der Waals surface area (Å²) in [7, 11) is 0. The molecule has 0 saturated carbocycles. The largest absolute Gasteiger partial charge is 0.469 e. The Morgan fingerprint density at radius 1 is 1.12 bits per heavy atom. The van der Waals surface area contributed by atoms with E-state index in [-0.39, 0.29) is 5.78 Å². The third kappa shape index (κ3) is 2.60. The van der Waals surface area contributed by atoms with Gasteiger partial charge in [0.15, 0.2) is 0 Å². The second-order valence-electron chi connectivity index (χ2n) is 3.90. The van der Waals surface area contributed by atoms with E-state index in [0.29, 0.717) is 12.8 Å². The van der Waals surface area contributed by atoms with E-state index in [1.807, 2.05) is 37.3 Å². The number of furan rings is 1. The van der Waals surface area contributed by atoms with E-state index in [2.05, 4.69) is 0 Å². The van der Waals surface area contributed by atoms with Crippen LogP contribution in [0.2, 0.25) is 0 Å². The van der Waals surface area contributed by atoms with E-state index in [4.69, 9.17) is 4.42 Å². The van der Waals surface area contributed by atoms with Crippen LogP contribution in [0, 0.1) is 6.92 Å². The van der Waals surface area contributed by atoms with Crippen molar-refractivity contribution in [1.82, 2.24) is 0 Å². The third-order valence-electron chi connectivity index (χ3n) is 2.60. The molecular formula is C14H14O2. The summed E-state index contributed by atoms with van der Waals surface area (Å²) in [5.74, 6) is 0.919. The van der Waals surface area contributed by atoms with Gasteiger partial charge < -0.3 is 4.42 Å². The molecule has 0 fully saturated rings. The highest BCUT2D eigenvalue weighted by atomic mass is 16.3. The van der Waals surface area contributed by atoms with Crippen LogP contribution < -0.4 is 0 Å². The van der Waals surface area contributed by atoms with Gasteiger partial charge in [0.1, 0.15) is 11.5 Å². The number of rotatable bonds is 4. The molecule has 0 radical (unpaired) electrons. The zero-order valence-electron chi connectivity index (χ0n) is 9.27. The van der Waals surface area contributed by atoms with Crippen molar-refractivity contribution in [3.8, 4) is 0 Å². The van der Waals surface area contributed by atoms with Crippen LogP contribution in [-0.4, -0.2) is 5.78 Å². The minimum Gasteiger partial charge on any atom is -0.469 e. The molecule has 0 N–H and O–H groups in total. The fraction of sp³-hybridized carbons (Fsp3) is 0.214. The Morgan fingerprint density at radius 2 is 1.94 bits per heavy atom. The van der Waals surface area contributed by atoms with E-state index in [1.54, 1.807) is 12.3 Å². The first kappa shape index (κ1) is 10.7. The van der Waals surface area contributed by atoms with Gasteiger partial charge >= 0.3 is 0 Å². The lowest BCUT2D eigenvalue weighted by Crippen LogP contribution is -2.06. The fourth-order valence-corrected chi connectivity index (χ4v) is 1.69. The summed E-state index contributed by atoms with van der Waals surface area (Å²) >= 11 is 0. The summed E-state index contributed by atoms with van der Waals surface area (Å²) in [6.07, 6.45) is 2.45. The molecule has 0 unspecified atom stereocenters. The van der Waals surface area contributed by atoms with Gasteiger partial charge in [0.2, 0.25) is 0 Å². The molecule has 0 saturated heterocycles.